The maximum Gasteiger partial charge on any atom is 0.341 e. The molecule has 0 bridgehead atoms. The molecule has 7 heteroatoms. The number of esters is 2. The third-order valence-corrected chi connectivity index (χ3v) is 3.57. The van der Waals surface area contributed by atoms with Crippen LogP contribution in [-0.4, -0.2) is 25.8 Å². The number of aryl methyl sites for hydroxylation is 1. The average Bonchev–Trinajstić information content (AvgIpc) is 3.25. The summed E-state index contributed by atoms with van der Waals surface area (Å²) in [6.07, 6.45) is 2.06. The van der Waals surface area contributed by atoms with Crippen LogP contribution in [0.2, 0.25) is 0 Å². The Morgan fingerprint density at radius 3 is 2.83 bits per heavy atom. The van der Waals surface area contributed by atoms with E-state index in [-0.39, 0.29) is 37.1 Å². The van der Waals surface area contributed by atoms with Crippen molar-refractivity contribution in [1.82, 2.24) is 0 Å². The third-order valence-electron chi connectivity index (χ3n) is 3.57. The number of carbonyl (C=O) groups is 2. The van der Waals surface area contributed by atoms with Gasteiger partial charge in [-0.05, 0) is 30.2 Å². The molecule has 0 amide bonds. The monoisotopic (exact) mass is 332 g/mol. The van der Waals surface area contributed by atoms with Crippen molar-refractivity contribution in [2.24, 2.45) is 0 Å². The van der Waals surface area contributed by atoms with E-state index in [0.29, 0.717) is 17.9 Å². The van der Waals surface area contributed by atoms with Crippen molar-refractivity contribution in [1.29, 1.82) is 0 Å². The van der Waals surface area contributed by atoms with E-state index in [9.17, 15) is 9.59 Å². The molecule has 0 saturated heterocycles. The zero-order valence-electron chi connectivity index (χ0n) is 13.1. The van der Waals surface area contributed by atoms with Gasteiger partial charge in [-0.2, -0.15) is 0 Å². The highest BCUT2D eigenvalue weighted by molar-refractivity contribution is 5.90. The number of hydrogen-bond acceptors (Lipinski definition) is 7. The standard InChI is InChI=1S/C17H16O7/c1-20-17(19)12-6-7-21-15(12)9-22-16(18)5-3-11-2-4-13-14(8-11)24-10-23-13/h2,4,6-8H,3,5,9-10H2,1H3. The Bertz CT molecular complexity index is 747. The molecule has 2 aromatic rings. The SMILES string of the molecule is COC(=O)c1ccoc1COC(=O)CCc1ccc2c(c1)OCO2. The lowest BCUT2D eigenvalue weighted by molar-refractivity contribution is -0.145. The van der Waals surface area contributed by atoms with Crippen LogP contribution in [0.3, 0.4) is 0 Å². The Labute approximate surface area is 138 Å². The summed E-state index contributed by atoms with van der Waals surface area (Å²) >= 11 is 0. The Morgan fingerprint density at radius 2 is 2.00 bits per heavy atom. The molecule has 3 rings (SSSR count). The van der Waals surface area contributed by atoms with E-state index < -0.39 is 5.97 Å². The summed E-state index contributed by atoms with van der Waals surface area (Å²) in [7, 11) is 1.27. The van der Waals surface area contributed by atoms with Crippen molar-refractivity contribution in [3.05, 3.63) is 47.4 Å². The van der Waals surface area contributed by atoms with Gasteiger partial charge in [-0.25, -0.2) is 4.79 Å². The summed E-state index contributed by atoms with van der Waals surface area (Å²) in [4.78, 5) is 23.4. The highest BCUT2D eigenvalue weighted by Crippen LogP contribution is 2.32. The molecule has 24 heavy (non-hydrogen) atoms. The van der Waals surface area contributed by atoms with Gasteiger partial charge in [0.2, 0.25) is 6.79 Å². The van der Waals surface area contributed by atoms with Crippen LogP contribution in [0, 0.1) is 0 Å². The number of hydrogen-bond donors (Lipinski definition) is 0. The minimum absolute atomic E-state index is 0.114. The second kappa shape index (κ2) is 7.08. The first kappa shape index (κ1) is 15.9. The second-order valence-corrected chi connectivity index (χ2v) is 5.10. The molecule has 1 aliphatic rings. The summed E-state index contributed by atoms with van der Waals surface area (Å²) in [5, 5.41) is 0. The highest BCUT2D eigenvalue weighted by Gasteiger charge is 2.17. The zero-order valence-corrected chi connectivity index (χ0v) is 13.1. The molecule has 0 N–H and O–H groups in total. The van der Waals surface area contributed by atoms with Crippen LogP contribution in [0.15, 0.2) is 34.9 Å². The molecule has 2 heterocycles. The fourth-order valence-corrected chi connectivity index (χ4v) is 2.31. The zero-order chi connectivity index (χ0) is 16.9. The second-order valence-electron chi connectivity index (χ2n) is 5.10. The van der Waals surface area contributed by atoms with Crippen molar-refractivity contribution in [2.45, 2.75) is 19.4 Å². The first-order valence-corrected chi connectivity index (χ1v) is 7.36. The Kier molecular flexibility index (Phi) is 4.69. The van der Waals surface area contributed by atoms with Crippen molar-refractivity contribution in [3.8, 4) is 11.5 Å². The van der Waals surface area contributed by atoms with E-state index in [1.165, 1.54) is 19.4 Å². The van der Waals surface area contributed by atoms with Gasteiger partial charge in [-0.3, -0.25) is 4.79 Å². The summed E-state index contributed by atoms with van der Waals surface area (Å²) in [5.74, 6) is 0.724. The van der Waals surface area contributed by atoms with E-state index in [1.807, 2.05) is 18.2 Å². The normalized spacial score (nSPS) is 12.0. The lowest BCUT2D eigenvalue weighted by atomic mass is 10.1. The largest absolute Gasteiger partial charge is 0.465 e. The van der Waals surface area contributed by atoms with E-state index in [1.54, 1.807) is 0 Å². The maximum atomic E-state index is 11.9. The molecule has 0 unspecified atom stereocenters. The molecular weight excluding hydrogens is 316 g/mol. The molecule has 0 aliphatic carbocycles. The Morgan fingerprint density at radius 1 is 1.17 bits per heavy atom. The fourth-order valence-electron chi connectivity index (χ4n) is 2.31. The van der Waals surface area contributed by atoms with Gasteiger partial charge in [0.05, 0.1) is 13.4 Å². The summed E-state index contributed by atoms with van der Waals surface area (Å²) < 4.78 is 25.4. The molecular formula is C17H16O7. The molecule has 1 aromatic carbocycles. The van der Waals surface area contributed by atoms with Crippen LogP contribution in [-0.2, 0) is 27.3 Å². The van der Waals surface area contributed by atoms with E-state index in [0.717, 1.165) is 5.56 Å². The van der Waals surface area contributed by atoms with Crippen LogP contribution >= 0.6 is 0 Å². The average molecular weight is 332 g/mol. The van der Waals surface area contributed by atoms with Crippen molar-refractivity contribution in [2.75, 3.05) is 13.9 Å². The topological polar surface area (TPSA) is 84.2 Å². The summed E-state index contributed by atoms with van der Waals surface area (Å²) in [6.45, 7) is 0.101. The lowest BCUT2D eigenvalue weighted by Gasteiger charge is -2.05. The van der Waals surface area contributed by atoms with Gasteiger partial charge in [-0.15, -0.1) is 0 Å². The molecule has 1 aromatic heterocycles. The highest BCUT2D eigenvalue weighted by atomic mass is 16.7. The van der Waals surface area contributed by atoms with Crippen molar-refractivity contribution >= 4 is 11.9 Å². The number of fused-ring (bicyclic) bond motifs is 1. The number of furan rings is 1. The van der Waals surface area contributed by atoms with Crippen molar-refractivity contribution in [3.63, 3.8) is 0 Å². The van der Waals surface area contributed by atoms with Gasteiger partial charge < -0.3 is 23.4 Å². The van der Waals surface area contributed by atoms with E-state index >= 15 is 0 Å². The molecule has 126 valence electrons. The van der Waals surface area contributed by atoms with E-state index in [4.69, 9.17) is 18.6 Å². The van der Waals surface area contributed by atoms with Crippen LogP contribution in [0.5, 0.6) is 11.5 Å². The first-order chi connectivity index (χ1) is 11.7. The van der Waals surface area contributed by atoms with Crippen LogP contribution in [0.25, 0.3) is 0 Å². The van der Waals surface area contributed by atoms with Gasteiger partial charge in [0.1, 0.15) is 12.2 Å². The molecule has 0 atom stereocenters. The van der Waals surface area contributed by atoms with Crippen LogP contribution in [0.1, 0.15) is 28.1 Å². The smallest absolute Gasteiger partial charge is 0.341 e. The van der Waals surface area contributed by atoms with Gasteiger partial charge >= 0.3 is 11.9 Å². The number of ether oxygens (including phenoxy) is 4. The number of carbonyl (C=O) groups excluding carboxylic acids is 2. The molecule has 0 radical (unpaired) electrons. The number of methoxy groups -OCH3 is 1. The Balaban J connectivity index is 1.50. The van der Waals surface area contributed by atoms with E-state index in [2.05, 4.69) is 4.74 Å². The quantitative estimate of drug-likeness (QED) is 0.751. The van der Waals surface area contributed by atoms with Crippen LogP contribution < -0.4 is 9.47 Å². The maximum absolute atomic E-state index is 11.9. The third kappa shape index (κ3) is 3.51. The first-order valence-electron chi connectivity index (χ1n) is 7.36. The Hall–Kier alpha value is -2.96. The van der Waals surface area contributed by atoms with Crippen molar-refractivity contribution < 1.29 is 33.0 Å². The van der Waals surface area contributed by atoms with Gasteiger partial charge in [0.15, 0.2) is 17.3 Å². The molecule has 0 spiro atoms. The minimum atomic E-state index is -0.532. The predicted molar refractivity (Wildman–Crippen MR) is 80.7 cm³/mol. The van der Waals surface area contributed by atoms with Gasteiger partial charge in [-0.1, -0.05) is 6.07 Å². The summed E-state index contributed by atoms with van der Waals surface area (Å²) in [5.41, 5.74) is 1.20. The van der Waals surface area contributed by atoms with Gasteiger partial charge in [0.25, 0.3) is 0 Å². The number of benzene rings is 1. The summed E-state index contributed by atoms with van der Waals surface area (Å²) in [6, 6.07) is 7.01. The minimum Gasteiger partial charge on any atom is -0.465 e. The molecule has 0 fully saturated rings. The molecule has 1 aliphatic heterocycles. The number of rotatable bonds is 6. The molecule has 0 saturated carbocycles. The lowest BCUT2D eigenvalue weighted by Crippen LogP contribution is -2.08. The fraction of sp³-hybridized carbons (Fsp3) is 0.294. The van der Waals surface area contributed by atoms with Crippen LogP contribution in [0.4, 0.5) is 0 Å². The molecule has 7 nitrogen and oxygen atoms in total. The predicted octanol–water partition coefficient (Wildman–Crippen LogP) is 2.47. The van der Waals surface area contributed by atoms with Gasteiger partial charge in [0, 0.05) is 6.42 Å².